The number of nitrogens with one attached hydrogen (secondary N) is 2. The molecule has 0 fully saturated rings. The van der Waals surface area contributed by atoms with E-state index in [1.807, 2.05) is 39.0 Å². The van der Waals surface area contributed by atoms with Crippen LogP contribution >= 0.6 is 0 Å². The minimum Gasteiger partial charge on any atom is -0.494 e. The molecule has 0 saturated heterocycles. The van der Waals surface area contributed by atoms with Gasteiger partial charge in [0.2, 0.25) is 5.91 Å². The van der Waals surface area contributed by atoms with Gasteiger partial charge < -0.3 is 15.4 Å². The van der Waals surface area contributed by atoms with E-state index in [-0.39, 0.29) is 23.5 Å². The second-order valence-corrected chi connectivity index (χ2v) is 7.77. The van der Waals surface area contributed by atoms with Crippen LogP contribution in [0.25, 0.3) is 0 Å². The molecular formula is C24H31FN2O3. The van der Waals surface area contributed by atoms with Crippen LogP contribution in [-0.4, -0.2) is 31.0 Å². The van der Waals surface area contributed by atoms with Gasteiger partial charge in [0.05, 0.1) is 6.61 Å². The minimum absolute atomic E-state index is 0.176. The van der Waals surface area contributed by atoms with Gasteiger partial charge in [0.15, 0.2) is 0 Å². The van der Waals surface area contributed by atoms with E-state index in [0.29, 0.717) is 30.9 Å². The summed E-state index contributed by atoms with van der Waals surface area (Å²) >= 11 is 0. The fourth-order valence-corrected chi connectivity index (χ4v) is 3.05. The average Bonchev–Trinajstić information content (AvgIpc) is 2.71. The largest absolute Gasteiger partial charge is 0.494 e. The van der Waals surface area contributed by atoms with Gasteiger partial charge in [-0.2, -0.15) is 0 Å². The van der Waals surface area contributed by atoms with Gasteiger partial charge in [0.25, 0.3) is 5.91 Å². The zero-order chi connectivity index (χ0) is 21.9. The Morgan fingerprint density at radius 3 is 2.40 bits per heavy atom. The summed E-state index contributed by atoms with van der Waals surface area (Å²) in [6.45, 7) is 6.90. The summed E-state index contributed by atoms with van der Waals surface area (Å²) in [4.78, 5) is 25.2. The molecule has 0 saturated carbocycles. The quantitative estimate of drug-likeness (QED) is 0.540. The third-order valence-corrected chi connectivity index (χ3v) is 4.67. The molecule has 162 valence electrons. The molecule has 30 heavy (non-hydrogen) atoms. The predicted octanol–water partition coefficient (Wildman–Crippen LogP) is 4.25. The zero-order valence-electron chi connectivity index (χ0n) is 17.9. The summed E-state index contributed by atoms with van der Waals surface area (Å²) < 4.78 is 18.4. The molecular weight excluding hydrogens is 383 g/mol. The fourth-order valence-electron chi connectivity index (χ4n) is 3.05. The molecule has 2 aromatic carbocycles. The molecule has 0 radical (unpaired) electrons. The first-order valence-electron chi connectivity index (χ1n) is 10.4. The van der Waals surface area contributed by atoms with Crippen molar-refractivity contribution >= 4 is 11.8 Å². The molecule has 5 nitrogen and oxygen atoms in total. The maximum atomic E-state index is 12.9. The lowest BCUT2D eigenvalue weighted by molar-refractivity contribution is -0.123. The molecule has 0 spiro atoms. The lowest BCUT2D eigenvalue weighted by Gasteiger charge is -2.20. The Bertz CT molecular complexity index is 821. The lowest BCUT2D eigenvalue weighted by Crippen LogP contribution is -2.47. The van der Waals surface area contributed by atoms with Crippen molar-refractivity contribution in [1.29, 1.82) is 0 Å². The molecule has 0 aliphatic rings. The highest BCUT2D eigenvalue weighted by atomic mass is 19.1. The lowest BCUT2D eigenvalue weighted by atomic mass is 10.0. The number of amides is 2. The van der Waals surface area contributed by atoms with Crippen LogP contribution in [0.1, 0.15) is 49.0 Å². The molecule has 0 aliphatic heterocycles. The van der Waals surface area contributed by atoms with Crippen LogP contribution in [0.15, 0.2) is 48.5 Å². The van der Waals surface area contributed by atoms with Crippen molar-refractivity contribution in [2.24, 2.45) is 5.92 Å². The summed E-state index contributed by atoms with van der Waals surface area (Å²) in [5.74, 6) is 0.181. The topological polar surface area (TPSA) is 67.4 Å². The summed E-state index contributed by atoms with van der Waals surface area (Å²) in [6.07, 6.45) is 2.06. The second kappa shape index (κ2) is 12.0. The van der Waals surface area contributed by atoms with Crippen molar-refractivity contribution in [2.75, 3.05) is 13.2 Å². The zero-order valence-corrected chi connectivity index (χ0v) is 17.9. The van der Waals surface area contributed by atoms with Crippen LogP contribution in [-0.2, 0) is 4.79 Å². The van der Waals surface area contributed by atoms with E-state index in [2.05, 4.69) is 10.6 Å². The molecule has 0 bridgehead atoms. The SMILES string of the molecule is Cc1ccccc1C(=O)NC(CC(C)C)C(=O)NCCCCOc1ccc(F)cc1. The fraction of sp³-hybridized carbons (Fsp3) is 0.417. The maximum Gasteiger partial charge on any atom is 0.252 e. The Kier molecular flexibility index (Phi) is 9.32. The highest BCUT2D eigenvalue weighted by Gasteiger charge is 2.22. The van der Waals surface area contributed by atoms with Crippen LogP contribution < -0.4 is 15.4 Å². The molecule has 2 N–H and O–H groups in total. The number of rotatable bonds is 11. The predicted molar refractivity (Wildman–Crippen MR) is 116 cm³/mol. The number of carbonyl (C=O) groups is 2. The van der Waals surface area contributed by atoms with Gasteiger partial charge in [0, 0.05) is 12.1 Å². The van der Waals surface area contributed by atoms with Gasteiger partial charge in [-0.15, -0.1) is 0 Å². The Morgan fingerprint density at radius 1 is 1.03 bits per heavy atom. The van der Waals surface area contributed by atoms with Crippen molar-refractivity contribution in [3.05, 3.63) is 65.5 Å². The first-order valence-corrected chi connectivity index (χ1v) is 10.4. The van der Waals surface area contributed by atoms with E-state index in [1.165, 1.54) is 12.1 Å². The van der Waals surface area contributed by atoms with Gasteiger partial charge in [-0.1, -0.05) is 32.0 Å². The molecule has 1 unspecified atom stereocenters. The first kappa shape index (κ1) is 23.4. The number of benzene rings is 2. The third kappa shape index (κ3) is 7.85. The van der Waals surface area contributed by atoms with Crippen molar-refractivity contribution in [3.63, 3.8) is 0 Å². The van der Waals surface area contributed by atoms with Gasteiger partial charge in [-0.3, -0.25) is 9.59 Å². The van der Waals surface area contributed by atoms with E-state index in [0.717, 1.165) is 18.4 Å². The van der Waals surface area contributed by atoms with Crippen LogP contribution in [0.4, 0.5) is 4.39 Å². The average molecular weight is 415 g/mol. The van der Waals surface area contributed by atoms with E-state index in [1.54, 1.807) is 18.2 Å². The summed E-state index contributed by atoms with van der Waals surface area (Å²) in [5, 5.41) is 5.78. The van der Waals surface area contributed by atoms with Crippen molar-refractivity contribution in [3.8, 4) is 5.75 Å². The van der Waals surface area contributed by atoms with Gasteiger partial charge in [0.1, 0.15) is 17.6 Å². The van der Waals surface area contributed by atoms with Crippen LogP contribution in [0.2, 0.25) is 0 Å². The number of aryl methyl sites for hydroxylation is 1. The number of unbranched alkanes of at least 4 members (excludes halogenated alkanes) is 1. The summed E-state index contributed by atoms with van der Waals surface area (Å²) in [6, 6.07) is 12.6. The van der Waals surface area contributed by atoms with E-state index >= 15 is 0 Å². The summed E-state index contributed by atoms with van der Waals surface area (Å²) in [7, 11) is 0. The van der Waals surface area contributed by atoms with Gasteiger partial charge in [-0.05, 0) is 68.0 Å². The standard InChI is InChI=1S/C24H31FN2O3/c1-17(2)16-22(27-23(28)21-9-5-4-8-18(21)3)24(29)26-14-6-7-15-30-20-12-10-19(25)11-13-20/h4-5,8-13,17,22H,6-7,14-16H2,1-3H3,(H,26,29)(H,27,28). The number of halogens is 1. The Labute approximate surface area is 178 Å². The minimum atomic E-state index is -0.576. The van der Waals surface area contributed by atoms with E-state index in [9.17, 15) is 14.0 Å². The van der Waals surface area contributed by atoms with Gasteiger partial charge >= 0.3 is 0 Å². The molecule has 1 atom stereocenters. The Balaban J connectivity index is 1.76. The van der Waals surface area contributed by atoms with Crippen molar-refractivity contribution in [2.45, 2.75) is 46.1 Å². The van der Waals surface area contributed by atoms with Crippen LogP contribution in [0.5, 0.6) is 5.75 Å². The molecule has 0 heterocycles. The molecule has 2 amide bonds. The monoisotopic (exact) mass is 414 g/mol. The van der Waals surface area contributed by atoms with E-state index < -0.39 is 6.04 Å². The van der Waals surface area contributed by atoms with Gasteiger partial charge in [-0.25, -0.2) is 4.39 Å². The van der Waals surface area contributed by atoms with E-state index in [4.69, 9.17) is 4.74 Å². The smallest absolute Gasteiger partial charge is 0.252 e. The van der Waals surface area contributed by atoms with Crippen molar-refractivity contribution in [1.82, 2.24) is 10.6 Å². The van der Waals surface area contributed by atoms with Crippen LogP contribution in [0, 0.1) is 18.7 Å². The highest BCUT2D eigenvalue weighted by Crippen LogP contribution is 2.12. The third-order valence-electron chi connectivity index (χ3n) is 4.67. The number of carbonyl (C=O) groups excluding carboxylic acids is 2. The molecule has 0 aromatic heterocycles. The number of hydrogen-bond acceptors (Lipinski definition) is 3. The second-order valence-electron chi connectivity index (χ2n) is 7.77. The molecule has 2 aromatic rings. The maximum absolute atomic E-state index is 12.9. The Hall–Kier alpha value is -2.89. The summed E-state index contributed by atoms with van der Waals surface area (Å²) in [5.41, 5.74) is 1.46. The highest BCUT2D eigenvalue weighted by molar-refractivity contribution is 5.98. The molecule has 2 rings (SSSR count). The number of hydrogen-bond donors (Lipinski definition) is 2. The Morgan fingerprint density at radius 2 is 1.73 bits per heavy atom. The first-order chi connectivity index (χ1) is 14.4. The normalized spacial score (nSPS) is 11.8. The number of ether oxygens (including phenoxy) is 1. The molecule has 0 aliphatic carbocycles. The van der Waals surface area contributed by atoms with Crippen LogP contribution in [0.3, 0.4) is 0 Å². The molecule has 6 heteroatoms. The van der Waals surface area contributed by atoms with Crippen molar-refractivity contribution < 1.29 is 18.7 Å².